The van der Waals surface area contributed by atoms with Crippen molar-refractivity contribution in [3.05, 3.63) is 70.8 Å². The van der Waals surface area contributed by atoms with E-state index < -0.39 is 0 Å². The Morgan fingerprint density at radius 1 is 0.700 bits per heavy atom. The van der Waals surface area contributed by atoms with Crippen LogP contribution in [0.4, 0.5) is 0 Å². The predicted octanol–water partition coefficient (Wildman–Crippen LogP) is 6.00. The Hall–Kier alpha value is -1.56. The average Bonchev–Trinajstić information content (AvgIpc) is 2.48. The lowest BCUT2D eigenvalue weighted by molar-refractivity contribution is 1.02. The predicted molar refractivity (Wildman–Crippen MR) is 92.5 cm³/mol. The van der Waals surface area contributed by atoms with Crippen molar-refractivity contribution in [2.24, 2.45) is 0 Å². The second-order valence-electron chi connectivity index (χ2n) is 4.76. The molecule has 0 spiro atoms. The Labute approximate surface area is 125 Å². The highest BCUT2D eigenvalue weighted by atomic mass is 14.0. The lowest BCUT2D eigenvalue weighted by atomic mass is 9.98. The van der Waals surface area contributed by atoms with E-state index in [1.807, 2.05) is 6.07 Å². The van der Waals surface area contributed by atoms with Crippen LogP contribution in [0.15, 0.2) is 48.5 Å². The van der Waals surface area contributed by atoms with Crippen LogP contribution in [0.5, 0.6) is 0 Å². The fourth-order valence-corrected chi connectivity index (χ4v) is 2.31. The maximum Gasteiger partial charge on any atom is -0.0302 e. The molecule has 2 aromatic rings. The molecule has 110 valence electrons. The van der Waals surface area contributed by atoms with Crippen LogP contribution >= 0.6 is 0 Å². The molecule has 2 rings (SSSR count). The molecule has 0 aromatic heterocycles. The molecule has 0 radical (unpaired) electrons. The van der Waals surface area contributed by atoms with Crippen LogP contribution in [0.25, 0.3) is 0 Å². The lowest BCUT2D eigenvalue weighted by Crippen LogP contribution is -1.93. The molecule has 2 aromatic carbocycles. The largest absolute Gasteiger partial charge is 0.0776 e. The number of benzene rings is 2. The van der Waals surface area contributed by atoms with Gasteiger partial charge in [0, 0.05) is 0 Å². The Morgan fingerprint density at radius 2 is 1.35 bits per heavy atom. The highest BCUT2D eigenvalue weighted by molar-refractivity contribution is 5.34. The second-order valence-corrected chi connectivity index (χ2v) is 4.76. The monoisotopic (exact) mass is 270 g/mol. The van der Waals surface area contributed by atoms with Gasteiger partial charge in [0.15, 0.2) is 0 Å². The topological polar surface area (TPSA) is 0 Å². The minimum absolute atomic E-state index is 0. The first-order valence-corrected chi connectivity index (χ1v) is 7.34. The van der Waals surface area contributed by atoms with Gasteiger partial charge in [-0.25, -0.2) is 0 Å². The molecule has 0 nitrogen and oxygen atoms in total. The Morgan fingerprint density at radius 3 is 1.75 bits per heavy atom. The third-order valence-corrected chi connectivity index (χ3v) is 3.49. The molecule has 0 aliphatic heterocycles. The maximum absolute atomic E-state index is 2.23. The van der Waals surface area contributed by atoms with Crippen LogP contribution in [0.2, 0.25) is 0 Å². The SMILES string of the molecule is C.CCc1cccc(C)c1CC.CCc1ccccc1. The summed E-state index contributed by atoms with van der Waals surface area (Å²) in [4.78, 5) is 0. The normalized spacial score (nSPS) is 9.20. The number of hydrogen-bond donors (Lipinski definition) is 0. The summed E-state index contributed by atoms with van der Waals surface area (Å²) >= 11 is 0. The van der Waals surface area contributed by atoms with E-state index in [1.165, 1.54) is 22.3 Å². The molecule has 20 heavy (non-hydrogen) atoms. The summed E-state index contributed by atoms with van der Waals surface area (Å²) in [5, 5.41) is 0. The van der Waals surface area contributed by atoms with Crippen LogP contribution in [-0.4, -0.2) is 0 Å². The minimum atomic E-state index is 0. The van der Waals surface area contributed by atoms with Crippen LogP contribution in [0.1, 0.15) is 50.5 Å². The fourth-order valence-electron chi connectivity index (χ4n) is 2.31. The first kappa shape index (κ1) is 18.4. The number of hydrogen-bond acceptors (Lipinski definition) is 0. The molecule has 0 N–H and O–H groups in total. The molecule has 0 atom stereocenters. The molecular weight excluding hydrogens is 240 g/mol. The second kappa shape index (κ2) is 10.3. The summed E-state index contributed by atoms with van der Waals surface area (Å²) in [6.07, 6.45) is 3.46. The van der Waals surface area contributed by atoms with E-state index in [4.69, 9.17) is 0 Å². The molecule has 0 heterocycles. The number of aryl methyl sites for hydroxylation is 3. The van der Waals surface area contributed by atoms with Crippen molar-refractivity contribution >= 4 is 0 Å². The third-order valence-electron chi connectivity index (χ3n) is 3.49. The fraction of sp³-hybridized carbons (Fsp3) is 0.400. The van der Waals surface area contributed by atoms with Crippen molar-refractivity contribution in [2.45, 2.75) is 54.4 Å². The van der Waals surface area contributed by atoms with Crippen molar-refractivity contribution in [3.63, 3.8) is 0 Å². The van der Waals surface area contributed by atoms with E-state index in [0.717, 1.165) is 19.3 Å². The summed E-state index contributed by atoms with van der Waals surface area (Å²) in [6, 6.07) is 17.0. The molecule has 0 aliphatic carbocycles. The molecule has 0 saturated carbocycles. The van der Waals surface area contributed by atoms with Gasteiger partial charge < -0.3 is 0 Å². The van der Waals surface area contributed by atoms with Gasteiger partial charge in [0.1, 0.15) is 0 Å². The maximum atomic E-state index is 2.23. The molecule has 0 heteroatoms. The van der Waals surface area contributed by atoms with E-state index in [0.29, 0.717) is 0 Å². The quantitative estimate of drug-likeness (QED) is 0.641. The Kier molecular flexibility index (Phi) is 9.45. The highest BCUT2D eigenvalue weighted by Gasteiger charge is 1.99. The first-order chi connectivity index (χ1) is 9.22. The van der Waals surface area contributed by atoms with Crippen molar-refractivity contribution < 1.29 is 0 Å². The van der Waals surface area contributed by atoms with E-state index in [9.17, 15) is 0 Å². The van der Waals surface area contributed by atoms with Crippen molar-refractivity contribution in [1.29, 1.82) is 0 Å². The van der Waals surface area contributed by atoms with Crippen molar-refractivity contribution in [3.8, 4) is 0 Å². The van der Waals surface area contributed by atoms with Gasteiger partial charge in [-0.15, -0.1) is 0 Å². The molecule has 0 saturated heterocycles. The van der Waals surface area contributed by atoms with Gasteiger partial charge in [-0.2, -0.15) is 0 Å². The van der Waals surface area contributed by atoms with Gasteiger partial charge in [-0.3, -0.25) is 0 Å². The summed E-state index contributed by atoms with van der Waals surface area (Å²) in [7, 11) is 0. The molecule has 0 unspecified atom stereocenters. The van der Waals surface area contributed by atoms with Crippen LogP contribution in [0.3, 0.4) is 0 Å². The Balaban J connectivity index is 0.000000359. The smallest absolute Gasteiger partial charge is 0.0302 e. The molecule has 0 amide bonds. The number of rotatable bonds is 3. The average molecular weight is 270 g/mol. The summed E-state index contributed by atoms with van der Waals surface area (Å²) in [6.45, 7) is 8.79. The minimum Gasteiger partial charge on any atom is -0.0776 e. The van der Waals surface area contributed by atoms with Crippen molar-refractivity contribution in [1.82, 2.24) is 0 Å². The van der Waals surface area contributed by atoms with Gasteiger partial charge in [0.25, 0.3) is 0 Å². The van der Waals surface area contributed by atoms with Crippen LogP contribution < -0.4 is 0 Å². The van der Waals surface area contributed by atoms with Gasteiger partial charge in [0.05, 0.1) is 0 Å². The molecule has 0 aliphatic rings. The zero-order valence-corrected chi connectivity index (χ0v) is 12.7. The van der Waals surface area contributed by atoms with Crippen LogP contribution in [0, 0.1) is 6.92 Å². The van der Waals surface area contributed by atoms with Gasteiger partial charge in [-0.05, 0) is 48.4 Å². The Bertz CT molecular complexity index is 469. The third kappa shape index (κ3) is 5.61. The van der Waals surface area contributed by atoms with Gasteiger partial charge in [-0.1, -0.05) is 76.7 Å². The van der Waals surface area contributed by atoms with Crippen molar-refractivity contribution in [2.75, 3.05) is 0 Å². The molecule has 0 bridgehead atoms. The summed E-state index contributed by atoms with van der Waals surface area (Å²) in [5.74, 6) is 0. The standard InChI is InChI=1S/C11H16.C8H10.CH4/c1-4-10-8-6-7-9(3)11(10)5-2;1-2-8-6-4-3-5-7-8;/h6-8H,4-5H2,1-3H3;3-7H,2H2,1H3;1H4. The first-order valence-electron chi connectivity index (χ1n) is 7.34. The summed E-state index contributed by atoms with van der Waals surface area (Å²) < 4.78 is 0. The highest BCUT2D eigenvalue weighted by Crippen LogP contribution is 2.14. The van der Waals surface area contributed by atoms with Gasteiger partial charge >= 0.3 is 0 Å². The zero-order valence-electron chi connectivity index (χ0n) is 12.7. The van der Waals surface area contributed by atoms with E-state index in [-0.39, 0.29) is 7.43 Å². The van der Waals surface area contributed by atoms with E-state index in [1.54, 1.807) is 0 Å². The summed E-state index contributed by atoms with van der Waals surface area (Å²) in [5.41, 5.74) is 5.89. The van der Waals surface area contributed by atoms with E-state index >= 15 is 0 Å². The lowest BCUT2D eigenvalue weighted by Gasteiger charge is -2.07. The van der Waals surface area contributed by atoms with Gasteiger partial charge in [0.2, 0.25) is 0 Å². The van der Waals surface area contributed by atoms with E-state index in [2.05, 4.69) is 70.2 Å². The molecular formula is C20H30. The zero-order chi connectivity index (χ0) is 14.1. The molecule has 0 fully saturated rings. The van der Waals surface area contributed by atoms with Crippen LogP contribution in [-0.2, 0) is 19.3 Å².